The van der Waals surface area contributed by atoms with Crippen LogP contribution in [-0.4, -0.2) is 12.2 Å². The van der Waals surface area contributed by atoms with Crippen LogP contribution in [0.5, 0.6) is 11.5 Å². The number of phenolic OH excluding ortho intramolecular Hbond substituents is 1. The van der Waals surface area contributed by atoms with Crippen molar-refractivity contribution >= 4 is 31.9 Å². The van der Waals surface area contributed by atoms with Crippen molar-refractivity contribution in [2.75, 3.05) is 7.11 Å². The Bertz CT molecular complexity index is 284. The van der Waals surface area contributed by atoms with E-state index in [-0.39, 0.29) is 5.75 Å². The van der Waals surface area contributed by atoms with E-state index in [4.69, 9.17) is 4.74 Å². The third-order valence-corrected chi connectivity index (χ3v) is 3.12. The van der Waals surface area contributed by atoms with Crippen LogP contribution < -0.4 is 4.74 Å². The molecule has 0 amide bonds. The maximum Gasteiger partial charge on any atom is 0.176 e. The normalized spacial score (nSPS) is 10.0. The minimum Gasteiger partial charge on any atom is -0.503 e. The third kappa shape index (κ3) is 1.59. The highest BCUT2D eigenvalue weighted by Gasteiger charge is 2.12. The van der Waals surface area contributed by atoms with Crippen LogP contribution in [0.4, 0.5) is 0 Å². The van der Waals surface area contributed by atoms with Gasteiger partial charge in [-0.3, -0.25) is 0 Å². The van der Waals surface area contributed by atoms with Gasteiger partial charge in [0.25, 0.3) is 0 Å². The van der Waals surface area contributed by atoms with Gasteiger partial charge in [0, 0.05) is 0 Å². The van der Waals surface area contributed by atoms with Gasteiger partial charge in [-0.2, -0.15) is 0 Å². The Morgan fingerprint density at radius 1 is 1.42 bits per heavy atom. The fourth-order valence-corrected chi connectivity index (χ4v) is 1.89. The minimum atomic E-state index is 0.120. The molecule has 1 aromatic carbocycles. The summed E-state index contributed by atoms with van der Waals surface area (Å²) in [6, 6.07) is 1.82. The van der Waals surface area contributed by atoms with Crippen molar-refractivity contribution < 1.29 is 9.84 Å². The second kappa shape index (κ2) is 3.66. The van der Waals surface area contributed by atoms with Crippen LogP contribution in [0.1, 0.15) is 5.56 Å². The first-order valence-electron chi connectivity index (χ1n) is 3.29. The van der Waals surface area contributed by atoms with Gasteiger partial charge in [0.1, 0.15) is 0 Å². The van der Waals surface area contributed by atoms with Crippen LogP contribution >= 0.6 is 31.9 Å². The number of methoxy groups -OCH3 is 1. The number of rotatable bonds is 1. The molecule has 1 rings (SSSR count). The van der Waals surface area contributed by atoms with Crippen molar-refractivity contribution in [3.8, 4) is 11.5 Å². The molecule has 0 fully saturated rings. The Hall–Kier alpha value is -0.220. The van der Waals surface area contributed by atoms with Gasteiger partial charge in [-0.05, 0) is 50.4 Å². The molecule has 1 aromatic rings. The highest BCUT2D eigenvalue weighted by atomic mass is 79.9. The lowest BCUT2D eigenvalue weighted by Crippen LogP contribution is -1.88. The standard InChI is InChI=1S/C8H8Br2O2/c1-4-3-5(9)7(11)8(12-2)6(4)10/h3,11H,1-2H3. The number of halogens is 2. The van der Waals surface area contributed by atoms with Gasteiger partial charge >= 0.3 is 0 Å². The molecule has 0 saturated heterocycles. The molecule has 0 atom stereocenters. The molecule has 0 aromatic heterocycles. The van der Waals surface area contributed by atoms with E-state index in [0.29, 0.717) is 10.2 Å². The lowest BCUT2D eigenvalue weighted by molar-refractivity contribution is 0.369. The minimum absolute atomic E-state index is 0.120. The summed E-state index contributed by atoms with van der Waals surface area (Å²) in [5, 5.41) is 9.50. The summed E-state index contributed by atoms with van der Waals surface area (Å²) in [5.41, 5.74) is 1.01. The molecule has 0 unspecified atom stereocenters. The first-order valence-corrected chi connectivity index (χ1v) is 4.88. The lowest BCUT2D eigenvalue weighted by Gasteiger charge is -2.09. The number of aromatic hydroxyl groups is 1. The van der Waals surface area contributed by atoms with Gasteiger partial charge < -0.3 is 9.84 Å². The number of ether oxygens (including phenoxy) is 1. The second-order valence-corrected chi connectivity index (χ2v) is 4.02. The molecule has 2 nitrogen and oxygen atoms in total. The summed E-state index contributed by atoms with van der Waals surface area (Å²) in [4.78, 5) is 0. The van der Waals surface area contributed by atoms with Crippen LogP contribution in [0.3, 0.4) is 0 Å². The van der Waals surface area contributed by atoms with Crippen LogP contribution in [0, 0.1) is 6.92 Å². The van der Waals surface area contributed by atoms with E-state index in [1.165, 1.54) is 7.11 Å². The first kappa shape index (κ1) is 9.86. The first-order chi connectivity index (χ1) is 5.57. The van der Waals surface area contributed by atoms with Gasteiger partial charge in [-0.15, -0.1) is 0 Å². The molecule has 0 bridgehead atoms. The molecule has 0 aliphatic heterocycles. The van der Waals surface area contributed by atoms with E-state index in [0.717, 1.165) is 10.0 Å². The monoisotopic (exact) mass is 294 g/mol. The quantitative estimate of drug-likeness (QED) is 0.862. The van der Waals surface area contributed by atoms with Gasteiger partial charge in [-0.25, -0.2) is 0 Å². The van der Waals surface area contributed by atoms with Crippen LogP contribution in [0.15, 0.2) is 15.0 Å². The molecule has 0 spiro atoms. The lowest BCUT2D eigenvalue weighted by atomic mass is 10.2. The highest BCUT2D eigenvalue weighted by molar-refractivity contribution is 9.11. The van der Waals surface area contributed by atoms with E-state index in [1.54, 1.807) is 0 Å². The maximum absolute atomic E-state index is 9.50. The summed E-state index contributed by atoms with van der Waals surface area (Å²) in [6.07, 6.45) is 0. The molecular formula is C8H8Br2O2. The van der Waals surface area contributed by atoms with Gasteiger partial charge in [-0.1, -0.05) is 0 Å². The Labute approximate surface area is 87.8 Å². The molecule has 66 valence electrons. The van der Waals surface area contributed by atoms with Gasteiger partial charge in [0.2, 0.25) is 0 Å². The van der Waals surface area contributed by atoms with Crippen molar-refractivity contribution in [1.29, 1.82) is 0 Å². The van der Waals surface area contributed by atoms with E-state index in [2.05, 4.69) is 31.9 Å². The van der Waals surface area contributed by atoms with Crippen molar-refractivity contribution in [3.63, 3.8) is 0 Å². The summed E-state index contributed by atoms with van der Waals surface area (Å²) in [6.45, 7) is 1.93. The molecule has 0 heterocycles. The summed E-state index contributed by atoms with van der Waals surface area (Å²) >= 11 is 6.54. The summed E-state index contributed by atoms with van der Waals surface area (Å²) in [5.74, 6) is 0.580. The molecule has 0 aliphatic rings. The molecule has 4 heteroatoms. The number of aryl methyl sites for hydroxylation is 1. The van der Waals surface area contributed by atoms with E-state index >= 15 is 0 Å². The van der Waals surface area contributed by atoms with Crippen molar-refractivity contribution in [2.24, 2.45) is 0 Å². The largest absolute Gasteiger partial charge is 0.503 e. The Kier molecular flexibility index (Phi) is 3.01. The number of phenols is 1. The predicted octanol–water partition coefficient (Wildman–Crippen LogP) is 3.23. The van der Waals surface area contributed by atoms with E-state index in [9.17, 15) is 5.11 Å². The zero-order valence-corrected chi connectivity index (χ0v) is 9.86. The fraction of sp³-hybridized carbons (Fsp3) is 0.250. The molecule has 0 saturated carbocycles. The predicted molar refractivity (Wildman–Crippen MR) is 54.8 cm³/mol. The Morgan fingerprint density at radius 2 is 2.00 bits per heavy atom. The topological polar surface area (TPSA) is 29.5 Å². The van der Waals surface area contributed by atoms with Crippen molar-refractivity contribution in [3.05, 3.63) is 20.6 Å². The highest BCUT2D eigenvalue weighted by Crippen LogP contribution is 2.41. The average Bonchev–Trinajstić information content (AvgIpc) is 2.02. The SMILES string of the molecule is COc1c(O)c(Br)cc(C)c1Br. The maximum atomic E-state index is 9.50. The van der Waals surface area contributed by atoms with Gasteiger partial charge in [0.15, 0.2) is 11.5 Å². The zero-order chi connectivity index (χ0) is 9.30. The van der Waals surface area contributed by atoms with Crippen molar-refractivity contribution in [2.45, 2.75) is 6.92 Å². The second-order valence-electron chi connectivity index (χ2n) is 2.37. The van der Waals surface area contributed by atoms with Crippen LogP contribution in [0.25, 0.3) is 0 Å². The summed E-state index contributed by atoms with van der Waals surface area (Å²) in [7, 11) is 1.52. The fourth-order valence-electron chi connectivity index (χ4n) is 0.900. The van der Waals surface area contributed by atoms with E-state index < -0.39 is 0 Å². The number of benzene rings is 1. The molecular weight excluding hydrogens is 288 g/mol. The molecule has 0 aliphatic carbocycles. The molecule has 1 N–H and O–H groups in total. The smallest absolute Gasteiger partial charge is 0.176 e. The zero-order valence-electron chi connectivity index (χ0n) is 6.69. The van der Waals surface area contributed by atoms with Crippen molar-refractivity contribution in [1.82, 2.24) is 0 Å². The average molecular weight is 296 g/mol. The Balaban J connectivity index is 3.42. The van der Waals surface area contributed by atoms with Crippen LogP contribution in [0.2, 0.25) is 0 Å². The molecule has 0 radical (unpaired) electrons. The third-order valence-electron chi connectivity index (χ3n) is 1.53. The number of hydrogen-bond acceptors (Lipinski definition) is 2. The summed E-state index contributed by atoms with van der Waals surface area (Å²) < 4.78 is 6.43. The van der Waals surface area contributed by atoms with Crippen LogP contribution in [-0.2, 0) is 0 Å². The molecule has 12 heavy (non-hydrogen) atoms. The number of hydrogen-bond donors (Lipinski definition) is 1. The Morgan fingerprint density at radius 3 is 2.50 bits per heavy atom. The van der Waals surface area contributed by atoms with Gasteiger partial charge in [0.05, 0.1) is 16.1 Å². The van der Waals surface area contributed by atoms with E-state index in [1.807, 2.05) is 13.0 Å².